The molecule has 1 amide bonds. The number of hydrogen-bond donors (Lipinski definition) is 1. The molecular weight excluding hydrogens is 402 g/mol. The van der Waals surface area contributed by atoms with Gasteiger partial charge in [-0.1, -0.05) is 36.4 Å². The van der Waals surface area contributed by atoms with Gasteiger partial charge < -0.3 is 10.2 Å². The molecule has 1 aliphatic rings. The highest BCUT2D eigenvalue weighted by Gasteiger charge is 2.20. The molecule has 0 saturated carbocycles. The molecule has 4 heterocycles. The minimum Gasteiger partial charge on any atom is -0.354 e. The van der Waals surface area contributed by atoms with E-state index in [0.29, 0.717) is 17.2 Å². The molecule has 8 nitrogen and oxygen atoms in total. The Morgan fingerprint density at radius 1 is 1.00 bits per heavy atom. The van der Waals surface area contributed by atoms with Crippen LogP contribution in [0.25, 0.3) is 5.65 Å². The summed E-state index contributed by atoms with van der Waals surface area (Å²) < 4.78 is 1.79. The average Bonchev–Trinajstić information content (AvgIpc) is 3.16. The number of carbonyl (C=O) groups excluding carboxylic acids is 1. The lowest BCUT2D eigenvalue weighted by Crippen LogP contribution is -2.46. The number of imidazole rings is 1. The molecule has 32 heavy (non-hydrogen) atoms. The van der Waals surface area contributed by atoms with E-state index < -0.39 is 0 Å². The number of hydrogen-bond acceptors (Lipinski definition) is 6. The van der Waals surface area contributed by atoms with Crippen LogP contribution in [0.5, 0.6) is 0 Å². The highest BCUT2D eigenvalue weighted by molar-refractivity contribution is 6.04. The fourth-order valence-corrected chi connectivity index (χ4v) is 4.13. The summed E-state index contributed by atoms with van der Waals surface area (Å²) in [6.07, 6.45) is 3.34. The quantitative estimate of drug-likeness (QED) is 0.528. The molecule has 162 valence electrons. The summed E-state index contributed by atoms with van der Waals surface area (Å²) >= 11 is 0. The van der Waals surface area contributed by atoms with Crippen LogP contribution in [0.4, 0.5) is 11.6 Å². The van der Waals surface area contributed by atoms with Gasteiger partial charge >= 0.3 is 0 Å². The Hall–Kier alpha value is -3.78. The predicted octanol–water partition coefficient (Wildman–Crippen LogP) is 3.01. The van der Waals surface area contributed by atoms with Crippen LogP contribution in [0.1, 0.15) is 21.7 Å². The highest BCUT2D eigenvalue weighted by atomic mass is 16.2. The smallest absolute Gasteiger partial charge is 0.275 e. The molecule has 1 aromatic carbocycles. The van der Waals surface area contributed by atoms with Crippen molar-refractivity contribution in [2.75, 3.05) is 36.4 Å². The minimum atomic E-state index is -0.237. The first kappa shape index (κ1) is 20.1. The molecule has 0 spiro atoms. The normalized spacial score (nSPS) is 14.6. The SMILES string of the molecule is Cc1nc2ccccn2c1C(=O)Nc1cc(N2CCN(Cc3ccccc3)CC2)ncn1. The molecule has 1 saturated heterocycles. The first-order chi connectivity index (χ1) is 15.7. The van der Waals surface area contributed by atoms with E-state index >= 15 is 0 Å². The fourth-order valence-electron chi connectivity index (χ4n) is 4.13. The Morgan fingerprint density at radius 2 is 1.78 bits per heavy atom. The van der Waals surface area contributed by atoms with Crippen LogP contribution in [0.2, 0.25) is 0 Å². The van der Waals surface area contributed by atoms with E-state index in [9.17, 15) is 4.79 Å². The lowest BCUT2D eigenvalue weighted by atomic mass is 10.2. The number of piperazine rings is 1. The number of carbonyl (C=O) groups is 1. The van der Waals surface area contributed by atoms with Crippen molar-refractivity contribution < 1.29 is 4.79 Å². The lowest BCUT2D eigenvalue weighted by molar-refractivity contribution is 0.102. The fraction of sp³-hybridized carbons (Fsp3) is 0.250. The summed E-state index contributed by atoms with van der Waals surface area (Å²) in [5, 5.41) is 2.91. The summed E-state index contributed by atoms with van der Waals surface area (Å²) in [5.41, 5.74) is 3.26. The van der Waals surface area contributed by atoms with Crippen molar-refractivity contribution in [3.63, 3.8) is 0 Å². The number of anilines is 2. The summed E-state index contributed by atoms with van der Waals surface area (Å²) in [5.74, 6) is 1.07. The maximum absolute atomic E-state index is 13.0. The molecule has 0 unspecified atom stereocenters. The molecular formula is C24H25N7O. The van der Waals surface area contributed by atoms with E-state index in [4.69, 9.17) is 0 Å². The zero-order valence-corrected chi connectivity index (χ0v) is 18.0. The van der Waals surface area contributed by atoms with Gasteiger partial charge in [0.25, 0.3) is 5.91 Å². The van der Waals surface area contributed by atoms with Crippen molar-refractivity contribution in [2.24, 2.45) is 0 Å². The Morgan fingerprint density at radius 3 is 2.59 bits per heavy atom. The third kappa shape index (κ3) is 4.17. The van der Waals surface area contributed by atoms with Gasteiger partial charge in [-0.05, 0) is 24.6 Å². The molecule has 3 aromatic heterocycles. The number of rotatable bonds is 5. The molecule has 1 N–H and O–H groups in total. The second-order valence-electron chi connectivity index (χ2n) is 7.94. The number of nitrogens with one attached hydrogen (secondary N) is 1. The van der Waals surface area contributed by atoms with Crippen molar-refractivity contribution in [1.29, 1.82) is 0 Å². The van der Waals surface area contributed by atoms with Crippen molar-refractivity contribution in [3.8, 4) is 0 Å². The third-order valence-electron chi connectivity index (χ3n) is 5.76. The van der Waals surface area contributed by atoms with Crippen molar-refractivity contribution in [2.45, 2.75) is 13.5 Å². The van der Waals surface area contributed by atoms with Gasteiger partial charge in [-0.2, -0.15) is 0 Å². The van der Waals surface area contributed by atoms with Gasteiger partial charge in [0.1, 0.15) is 29.3 Å². The number of pyridine rings is 1. The van der Waals surface area contributed by atoms with Gasteiger partial charge in [-0.25, -0.2) is 15.0 Å². The van der Waals surface area contributed by atoms with Crippen LogP contribution < -0.4 is 10.2 Å². The highest BCUT2D eigenvalue weighted by Crippen LogP contribution is 2.19. The van der Waals surface area contributed by atoms with Gasteiger partial charge in [0.15, 0.2) is 0 Å². The number of benzene rings is 1. The van der Waals surface area contributed by atoms with Gasteiger partial charge in [0.2, 0.25) is 0 Å². The van der Waals surface area contributed by atoms with Gasteiger partial charge in [-0.15, -0.1) is 0 Å². The van der Waals surface area contributed by atoms with E-state index in [1.165, 1.54) is 11.9 Å². The maximum Gasteiger partial charge on any atom is 0.275 e. The Kier molecular flexibility index (Phi) is 5.51. The van der Waals surface area contributed by atoms with E-state index in [-0.39, 0.29) is 5.91 Å². The summed E-state index contributed by atoms with van der Waals surface area (Å²) in [6.45, 7) is 6.47. The summed E-state index contributed by atoms with van der Waals surface area (Å²) in [6, 6.07) is 18.0. The minimum absolute atomic E-state index is 0.237. The first-order valence-corrected chi connectivity index (χ1v) is 10.8. The van der Waals surface area contributed by atoms with Crippen molar-refractivity contribution in [3.05, 3.63) is 84.1 Å². The number of aromatic nitrogens is 4. The molecule has 1 aliphatic heterocycles. The average molecular weight is 428 g/mol. The molecule has 8 heteroatoms. The molecule has 0 bridgehead atoms. The third-order valence-corrected chi connectivity index (χ3v) is 5.76. The molecule has 5 rings (SSSR count). The number of nitrogens with zero attached hydrogens (tertiary/aromatic N) is 6. The Labute approximate surface area is 186 Å². The topological polar surface area (TPSA) is 78.7 Å². The predicted molar refractivity (Wildman–Crippen MR) is 124 cm³/mol. The number of amides is 1. The van der Waals surface area contributed by atoms with E-state index in [0.717, 1.165) is 44.2 Å². The zero-order chi connectivity index (χ0) is 21.9. The lowest BCUT2D eigenvalue weighted by Gasteiger charge is -2.35. The largest absolute Gasteiger partial charge is 0.354 e. The Bertz CT molecular complexity index is 1230. The van der Waals surface area contributed by atoms with Gasteiger partial charge in [0, 0.05) is 45.0 Å². The van der Waals surface area contributed by atoms with Crippen LogP contribution in [-0.4, -0.2) is 56.3 Å². The second-order valence-corrected chi connectivity index (χ2v) is 7.94. The van der Waals surface area contributed by atoms with Crippen LogP contribution in [-0.2, 0) is 6.54 Å². The van der Waals surface area contributed by atoms with Crippen LogP contribution in [0.15, 0.2) is 67.1 Å². The molecule has 0 atom stereocenters. The zero-order valence-electron chi connectivity index (χ0n) is 18.0. The molecule has 1 fully saturated rings. The number of aryl methyl sites for hydroxylation is 1. The molecule has 0 aliphatic carbocycles. The summed E-state index contributed by atoms with van der Waals surface area (Å²) in [7, 11) is 0. The second kappa shape index (κ2) is 8.76. The monoisotopic (exact) mass is 427 g/mol. The van der Waals surface area contributed by atoms with Crippen LogP contribution in [0, 0.1) is 6.92 Å². The van der Waals surface area contributed by atoms with Crippen LogP contribution >= 0.6 is 0 Å². The van der Waals surface area contributed by atoms with Crippen LogP contribution in [0.3, 0.4) is 0 Å². The molecule has 4 aromatic rings. The van der Waals surface area contributed by atoms with Gasteiger partial charge in [0.05, 0.1) is 5.69 Å². The summed E-state index contributed by atoms with van der Waals surface area (Å²) in [4.78, 5) is 30.8. The van der Waals surface area contributed by atoms with E-state index in [2.05, 4.69) is 54.3 Å². The number of fused-ring (bicyclic) bond motifs is 1. The first-order valence-electron chi connectivity index (χ1n) is 10.8. The Balaban J connectivity index is 1.25. The molecule has 0 radical (unpaired) electrons. The standard InChI is InChI=1S/C24H25N7O/c1-18-23(31-10-6-5-9-21(31)27-18)24(32)28-20-15-22(26-17-25-20)30-13-11-29(12-14-30)16-19-7-3-2-4-8-19/h2-10,15,17H,11-14,16H2,1H3,(H,25,26,28,32). The van der Waals surface area contributed by atoms with Gasteiger partial charge in [-0.3, -0.25) is 14.1 Å². The van der Waals surface area contributed by atoms with E-state index in [1.54, 1.807) is 4.40 Å². The van der Waals surface area contributed by atoms with Crippen molar-refractivity contribution >= 4 is 23.2 Å². The van der Waals surface area contributed by atoms with Crippen molar-refractivity contribution in [1.82, 2.24) is 24.3 Å². The van der Waals surface area contributed by atoms with E-state index in [1.807, 2.05) is 43.5 Å². The maximum atomic E-state index is 13.0.